The number of ether oxygens (including phenoxy) is 2. The number of carbonyl (C=O) groups is 3. The molecule has 0 rings (SSSR count). The largest absolute Gasteiger partial charge is 0.459 e. The van der Waals surface area contributed by atoms with Crippen molar-refractivity contribution in [2.24, 2.45) is 5.73 Å². The quantitative estimate of drug-likeness (QED) is 0.529. The molecular weight excluding hydrogens is 226 g/mol. The Morgan fingerprint density at radius 3 is 2.41 bits per heavy atom. The molecule has 6 nitrogen and oxygen atoms in total. The Hall–Kier alpha value is -1.43. The molecule has 2 N–H and O–H groups in total. The fourth-order valence-corrected chi connectivity index (χ4v) is 0.968. The maximum atomic E-state index is 11.4. The Morgan fingerprint density at radius 2 is 1.94 bits per heavy atom. The van der Waals surface area contributed by atoms with Crippen LogP contribution in [-0.4, -0.2) is 36.5 Å². The fraction of sp³-hybridized carbons (Fsp3) is 0.727. The van der Waals surface area contributed by atoms with Gasteiger partial charge >= 0.3 is 11.9 Å². The van der Waals surface area contributed by atoms with Gasteiger partial charge in [0.2, 0.25) is 0 Å². The van der Waals surface area contributed by atoms with Crippen LogP contribution in [0.4, 0.5) is 0 Å². The van der Waals surface area contributed by atoms with Crippen molar-refractivity contribution in [3.63, 3.8) is 0 Å². The smallest absolute Gasteiger partial charge is 0.323 e. The molecule has 0 saturated heterocycles. The van der Waals surface area contributed by atoms with E-state index in [-0.39, 0.29) is 19.4 Å². The molecule has 0 aromatic carbocycles. The number of aldehydes is 1. The van der Waals surface area contributed by atoms with Gasteiger partial charge in [-0.25, -0.2) is 0 Å². The Morgan fingerprint density at radius 1 is 1.35 bits per heavy atom. The lowest BCUT2D eigenvalue weighted by Gasteiger charge is -2.21. The van der Waals surface area contributed by atoms with E-state index in [2.05, 4.69) is 4.74 Å². The van der Waals surface area contributed by atoms with Gasteiger partial charge in [0.25, 0.3) is 0 Å². The first-order valence-corrected chi connectivity index (χ1v) is 5.34. The summed E-state index contributed by atoms with van der Waals surface area (Å²) in [7, 11) is 0. The van der Waals surface area contributed by atoms with Crippen molar-refractivity contribution >= 4 is 18.2 Å². The second kappa shape index (κ2) is 7.01. The van der Waals surface area contributed by atoms with E-state index < -0.39 is 23.6 Å². The number of hydrogen-bond donors (Lipinski definition) is 1. The highest BCUT2D eigenvalue weighted by molar-refractivity contribution is 5.77. The third-order valence-corrected chi connectivity index (χ3v) is 1.68. The van der Waals surface area contributed by atoms with Crippen molar-refractivity contribution in [3.05, 3.63) is 0 Å². The normalized spacial score (nSPS) is 12.7. The zero-order valence-electron chi connectivity index (χ0n) is 10.4. The van der Waals surface area contributed by atoms with E-state index >= 15 is 0 Å². The average Bonchev–Trinajstić information content (AvgIpc) is 2.20. The molecule has 6 heteroatoms. The minimum Gasteiger partial charge on any atom is -0.459 e. The van der Waals surface area contributed by atoms with Crippen LogP contribution in [-0.2, 0) is 23.9 Å². The monoisotopic (exact) mass is 245 g/mol. The summed E-state index contributed by atoms with van der Waals surface area (Å²) in [5.74, 6) is -1.11. The number of rotatable bonds is 6. The van der Waals surface area contributed by atoms with Crippen molar-refractivity contribution in [1.29, 1.82) is 0 Å². The molecular formula is C11H19NO5. The standard InChI is InChI=1S/C11H19NO5/c1-11(2,3)17-10(15)8(12)4-5-9(14)16-7-6-13/h6,8H,4-5,7,12H2,1-3H3/t8-/m0/s1. The number of hydrogen-bond acceptors (Lipinski definition) is 6. The third-order valence-electron chi connectivity index (χ3n) is 1.68. The molecule has 0 spiro atoms. The summed E-state index contributed by atoms with van der Waals surface area (Å²) in [5, 5.41) is 0. The summed E-state index contributed by atoms with van der Waals surface area (Å²) in [4.78, 5) is 32.4. The van der Waals surface area contributed by atoms with Gasteiger partial charge in [0.05, 0.1) is 0 Å². The predicted octanol–water partition coefficient (Wildman–Crippen LogP) is 0.178. The lowest BCUT2D eigenvalue weighted by molar-refractivity contribution is -0.157. The third kappa shape index (κ3) is 8.38. The van der Waals surface area contributed by atoms with Gasteiger partial charge < -0.3 is 15.2 Å². The fourth-order valence-electron chi connectivity index (χ4n) is 0.968. The molecule has 0 aromatic heterocycles. The van der Waals surface area contributed by atoms with Crippen molar-refractivity contribution in [2.45, 2.75) is 45.3 Å². The zero-order chi connectivity index (χ0) is 13.5. The zero-order valence-corrected chi connectivity index (χ0v) is 10.4. The van der Waals surface area contributed by atoms with Gasteiger partial charge in [0, 0.05) is 6.42 Å². The van der Waals surface area contributed by atoms with E-state index in [1.165, 1.54) is 0 Å². The van der Waals surface area contributed by atoms with Gasteiger partial charge in [-0.15, -0.1) is 0 Å². The minimum absolute atomic E-state index is 0.0196. The number of carbonyl (C=O) groups excluding carboxylic acids is 3. The maximum absolute atomic E-state index is 11.4. The van der Waals surface area contributed by atoms with Crippen LogP contribution in [0.15, 0.2) is 0 Å². The van der Waals surface area contributed by atoms with Crippen LogP contribution in [0.1, 0.15) is 33.6 Å². The van der Waals surface area contributed by atoms with Gasteiger partial charge in [-0.1, -0.05) is 0 Å². The van der Waals surface area contributed by atoms with E-state index in [4.69, 9.17) is 10.5 Å². The van der Waals surface area contributed by atoms with Gasteiger partial charge in [-0.05, 0) is 27.2 Å². The van der Waals surface area contributed by atoms with E-state index in [9.17, 15) is 14.4 Å². The van der Waals surface area contributed by atoms with E-state index in [1.807, 2.05) is 0 Å². The van der Waals surface area contributed by atoms with Gasteiger partial charge in [0.1, 0.15) is 18.2 Å². The predicted molar refractivity (Wildman–Crippen MR) is 60.1 cm³/mol. The summed E-state index contributed by atoms with van der Waals surface area (Å²) >= 11 is 0. The molecule has 0 aliphatic rings. The second-order valence-electron chi connectivity index (χ2n) is 4.53. The van der Waals surface area contributed by atoms with E-state index in [1.54, 1.807) is 20.8 Å². The molecule has 0 aliphatic heterocycles. The maximum Gasteiger partial charge on any atom is 0.323 e. The summed E-state index contributed by atoms with van der Waals surface area (Å²) < 4.78 is 9.55. The first kappa shape index (κ1) is 15.6. The van der Waals surface area contributed by atoms with Gasteiger partial charge in [-0.3, -0.25) is 14.4 Å². The Kier molecular flexibility index (Phi) is 6.42. The molecule has 0 bridgehead atoms. The lowest BCUT2D eigenvalue weighted by atomic mass is 10.1. The molecule has 0 radical (unpaired) electrons. The second-order valence-corrected chi connectivity index (χ2v) is 4.53. The molecule has 98 valence electrons. The highest BCUT2D eigenvalue weighted by atomic mass is 16.6. The van der Waals surface area contributed by atoms with Crippen LogP contribution < -0.4 is 5.73 Å². The highest BCUT2D eigenvalue weighted by Gasteiger charge is 2.22. The molecule has 0 unspecified atom stereocenters. The van der Waals surface area contributed by atoms with Crippen molar-refractivity contribution in [3.8, 4) is 0 Å². The first-order chi connectivity index (χ1) is 7.76. The number of esters is 2. The van der Waals surface area contributed by atoms with Crippen LogP contribution in [0.3, 0.4) is 0 Å². The molecule has 0 amide bonds. The van der Waals surface area contributed by atoms with Gasteiger partial charge in [-0.2, -0.15) is 0 Å². The summed E-state index contributed by atoms with van der Waals surface area (Å²) in [6.45, 7) is 4.92. The molecule has 17 heavy (non-hydrogen) atoms. The van der Waals surface area contributed by atoms with Crippen molar-refractivity contribution in [1.82, 2.24) is 0 Å². The average molecular weight is 245 g/mol. The summed E-state index contributed by atoms with van der Waals surface area (Å²) in [6.07, 6.45) is 0.590. The summed E-state index contributed by atoms with van der Waals surface area (Å²) in [6, 6.07) is -0.863. The van der Waals surface area contributed by atoms with E-state index in [0.29, 0.717) is 6.29 Å². The van der Waals surface area contributed by atoms with Gasteiger partial charge in [0.15, 0.2) is 6.29 Å². The molecule has 0 saturated carbocycles. The number of nitrogens with two attached hydrogens (primary N) is 1. The van der Waals surface area contributed by atoms with E-state index in [0.717, 1.165) is 0 Å². The van der Waals surface area contributed by atoms with Crippen molar-refractivity contribution in [2.75, 3.05) is 6.61 Å². The SMILES string of the molecule is CC(C)(C)OC(=O)[C@@H](N)CCC(=O)OCC=O. The Bertz CT molecular complexity index is 282. The topological polar surface area (TPSA) is 95.7 Å². The Labute approximate surface area is 100 Å². The van der Waals surface area contributed by atoms with Crippen molar-refractivity contribution < 1.29 is 23.9 Å². The molecule has 0 fully saturated rings. The van der Waals surface area contributed by atoms with Crippen LogP contribution in [0.25, 0.3) is 0 Å². The van der Waals surface area contributed by atoms with Crippen LogP contribution in [0.2, 0.25) is 0 Å². The molecule has 0 aromatic rings. The first-order valence-electron chi connectivity index (χ1n) is 5.34. The van der Waals surface area contributed by atoms with Crippen LogP contribution >= 0.6 is 0 Å². The van der Waals surface area contributed by atoms with Crippen LogP contribution in [0, 0.1) is 0 Å². The highest BCUT2D eigenvalue weighted by Crippen LogP contribution is 2.09. The minimum atomic E-state index is -0.863. The lowest BCUT2D eigenvalue weighted by Crippen LogP contribution is -2.37. The summed E-state index contributed by atoms with van der Waals surface area (Å²) in [5.41, 5.74) is 4.95. The molecule has 0 heterocycles. The molecule has 0 aliphatic carbocycles. The molecule has 1 atom stereocenters. The Balaban J connectivity index is 3.93. The van der Waals surface area contributed by atoms with Crippen LogP contribution in [0.5, 0.6) is 0 Å².